The van der Waals surface area contributed by atoms with Crippen molar-refractivity contribution in [3.63, 3.8) is 0 Å². The number of hydrogen-bond donors (Lipinski definition) is 2. The van der Waals surface area contributed by atoms with E-state index < -0.39 is 32.7 Å². The van der Waals surface area contributed by atoms with Gasteiger partial charge in [0, 0.05) is 23.9 Å². The van der Waals surface area contributed by atoms with Crippen LogP contribution >= 0.6 is 22.9 Å². The summed E-state index contributed by atoms with van der Waals surface area (Å²) in [6, 6.07) is 7.79. The van der Waals surface area contributed by atoms with Gasteiger partial charge in [-0.25, -0.2) is 22.9 Å². The molecule has 1 aliphatic rings. The summed E-state index contributed by atoms with van der Waals surface area (Å²) in [5.74, 6) is 0.191. The molecule has 8 nitrogen and oxygen atoms in total. The summed E-state index contributed by atoms with van der Waals surface area (Å²) >= 11 is 7.60. The minimum Gasteiger partial charge on any atom is -0.493 e. The lowest BCUT2D eigenvalue weighted by Gasteiger charge is -2.10. The molecular weight excluding hydrogens is 529 g/mol. The molecule has 1 aromatic heterocycles. The standard InChI is InChI=1S/C24H23ClFN3O5S2/c1-14(29-23(30)16-5-8-20(26)22(10-16)36(27,31)32)2-7-18-12-28-24(35-18)34-21-9-6-17(11-19(21)25)33-13-15-3-4-15/h2,5-12,14-15H,3-4,13H2,1H3,(H,29,30)(H2,27,31,32)/b7-2+/t14-/m0/s1. The van der Waals surface area contributed by atoms with Crippen LogP contribution in [-0.2, 0) is 10.0 Å². The topological polar surface area (TPSA) is 121 Å². The number of aromatic nitrogens is 1. The van der Waals surface area contributed by atoms with Gasteiger partial charge in [-0.15, -0.1) is 0 Å². The Morgan fingerprint density at radius 3 is 2.81 bits per heavy atom. The third-order valence-electron chi connectivity index (χ3n) is 5.19. The number of rotatable bonds is 10. The normalized spacial score (nSPS) is 14.6. The number of nitrogens with zero attached hydrogens (tertiary/aromatic N) is 1. The van der Waals surface area contributed by atoms with Crippen molar-refractivity contribution >= 4 is 44.9 Å². The first kappa shape index (κ1) is 26.1. The first-order valence-corrected chi connectivity index (χ1v) is 13.7. The van der Waals surface area contributed by atoms with E-state index in [9.17, 15) is 17.6 Å². The largest absolute Gasteiger partial charge is 0.493 e. The van der Waals surface area contributed by atoms with Crippen molar-refractivity contribution in [1.82, 2.24) is 10.3 Å². The Hall–Kier alpha value is -2.99. The van der Waals surface area contributed by atoms with Crippen LogP contribution in [0.1, 0.15) is 35.0 Å². The molecule has 36 heavy (non-hydrogen) atoms. The van der Waals surface area contributed by atoms with E-state index in [1.54, 1.807) is 43.5 Å². The fraction of sp³-hybridized carbons (Fsp3) is 0.250. The Balaban J connectivity index is 1.33. The highest BCUT2D eigenvalue weighted by atomic mass is 35.5. The molecule has 0 aliphatic heterocycles. The summed E-state index contributed by atoms with van der Waals surface area (Å²) in [6.45, 7) is 2.42. The lowest BCUT2D eigenvalue weighted by molar-refractivity contribution is 0.0946. The first-order chi connectivity index (χ1) is 17.1. The zero-order valence-corrected chi connectivity index (χ0v) is 21.5. The van der Waals surface area contributed by atoms with E-state index in [0.717, 1.165) is 17.0 Å². The summed E-state index contributed by atoms with van der Waals surface area (Å²) < 4.78 is 48.2. The summed E-state index contributed by atoms with van der Waals surface area (Å²) in [7, 11) is -4.29. The maximum Gasteiger partial charge on any atom is 0.279 e. The summed E-state index contributed by atoms with van der Waals surface area (Å²) in [6.07, 6.45) is 7.50. The molecule has 1 heterocycles. The van der Waals surface area contributed by atoms with Gasteiger partial charge in [0.05, 0.1) is 16.5 Å². The van der Waals surface area contributed by atoms with Crippen LogP contribution in [0.25, 0.3) is 6.08 Å². The van der Waals surface area contributed by atoms with Gasteiger partial charge in [0.25, 0.3) is 11.1 Å². The van der Waals surface area contributed by atoms with Crippen molar-refractivity contribution < 1.29 is 27.1 Å². The van der Waals surface area contributed by atoms with Crippen LogP contribution in [0, 0.1) is 11.7 Å². The molecule has 3 aromatic rings. The van der Waals surface area contributed by atoms with Crippen LogP contribution in [0.3, 0.4) is 0 Å². The maximum absolute atomic E-state index is 13.7. The number of primary sulfonamides is 1. The molecular formula is C24H23ClFN3O5S2. The smallest absolute Gasteiger partial charge is 0.279 e. The van der Waals surface area contributed by atoms with Crippen molar-refractivity contribution in [3.05, 3.63) is 70.0 Å². The average Bonchev–Trinajstić information content (AvgIpc) is 3.54. The molecule has 1 aliphatic carbocycles. The van der Waals surface area contributed by atoms with E-state index in [-0.39, 0.29) is 5.56 Å². The Morgan fingerprint density at radius 1 is 1.33 bits per heavy atom. The van der Waals surface area contributed by atoms with Gasteiger partial charge in [0.1, 0.15) is 22.2 Å². The Labute approximate surface area is 217 Å². The fourth-order valence-electron chi connectivity index (χ4n) is 3.08. The third kappa shape index (κ3) is 7.03. The van der Waals surface area contributed by atoms with Crippen molar-refractivity contribution in [2.75, 3.05) is 6.61 Å². The fourth-order valence-corrected chi connectivity index (χ4v) is 4.61. The number of benzene rings is 2. The first-order valence-electron chi connectivity index (χ1n) is 11.0. The van der Waals surface area contributed by atoms with Gasteiger partial charge < -0.3 is 14.8 Å². The number of thiazole rings is 1. The number of hydrogen-bond acceptors (Lipinski definition) is 7. The molecule has 2 aromatic carbocycles. The lowest BCUT2D eigenvalue weighted by atomic mass is 10.2. The van der Waals surface area contributed by atoms with Crippen LogP contribution in [0.15, 0.2) is 53.6 Å². The van der Waals surface area contributed by atoms with Gasteiger partial charge in [-0.05, 0) is 62.1 Å². The Bertz CT molecular complexity index is 1410. The van der Waals surface area contributed by atoms with E-state index in [1.165, 1.54) is 30.2 Å². The minimum atomic E-state index is -4.29. The number of ether oxygens (including phenoxy) is 2. The number of nitrogens with two attached hydrogens (primary N) is 1. The van der Waals surface area contributed by atoms with E-state index in [1.807, 2.05) is 0 Å². The van der Waals surface area contributed by atoms with Crippen molar-refractivity contribution in [1.29, 1.82) is 0 Å². The lowest BCUT2D eigenvalue weighted by Crippen LogP contribution is -2.31. The van der Waals surface area contributed by atoms with Crippen molar-refractivity contribution in [2.45, 2.75) is 30.7 Å². The summed E-state index contributed by atoms with van der Waals surface area (Å²) in [5.41, 5.74) is -0.0324. The third-order valence-corrected chi connectivity index (χ3v) is 7.26. The zero-order chi connectivity index (χ0) is 25.9. The molecule has 0 unspecified atom stereocenters. The number of nitrogens with one attached hydrogen (secondary N) is 1. The second-order valence-corrected chi connectivity index (χ2v) is 11.3. The zero-order valence-electron chi connectivity index (χ0n) is 19.1. The van der Waals surface area contributed by atoms with Gasteiger partial charge in [-0.2, -0.15) is 0 Å². The van der Waals surface area contributed by atoms with Crippen LogP contribution in [-0.4, -0.2) is 32.0 Å². The molecule has 0 radical (unpaired) electrons. The number of carbonyl (C=O) groups is 1. The predicted molar refractivity (Wildman–Crippen MR) is 136 cm³/mol. The van der Waals surface area contributed by atoms with Gasteiger partial charge in [0.15, 0.2) is 0 Å². The van der Waals surface area contributed by atoms with Gasteiger partial charge >= 0.3 is 0 Å². The summed E-state index contributed by atoms with van der Waals surface area (Å²) in [5, 5.41) is 8.48. The molecule has 190 valence electrons. The molecule has 0 spiro atoms. The SMILES string of the molecule is C[C@@H](/C=C/c1cnc(Oc2ccc(OCC3CC3)cc2Cl)s1)NC(=O)c1ccc(F)c(S(N)(=O)=O)c1. The molecule has 4 rings (SSSR count). The maximum atomic E-state index is 13.7. The van der Waals surface area contributed by atoms with Gasteiger partial charge in [-0.1, -0.05) is 29.0 Å². The number of amides is 1. The van der Waals surface area contributed by atoms with E-state index in [4.69, 9.17) is 26.2 Å². The highest BCUT2D eigenvalue weighted by molar-refractivity contribution is 7.89. The second-order valence-electron chi connectivity index (χ2n) is 8.29. The highest BCUT2D eigenvalue weighted by Crippen LogP contribution is 2.35. The van der Waals surface area contributed by atoms with Crippen LogP contribution in [0.2, 0.25) is 5.02 Å². The summed E-state index contributed by atoms with van der Waals surface area (Å²) in [4.78, 5) is 16.7. The van der Waals surface area contributed by atoms with E-state index >= 15 is 0 Å². The second kappa shape index (κ2) is 11.0. The van der Waals surface area contributed by atoms with Crippen molar-refractivity contribution in [3.8, 4) is 16.7 Å². The van der Waals surface area contributed by atoms with Crippen LogP contribution < -0.4 is 19.9 Å². The molecule has 1 amide bonds. The van der Waals surface area contributed by atoms with E-state index in [0.29, 0.717) is 34.2 Å². The van der Waals surface area contributed by atoms with Gasteiger partial charge in [0.2, 0.25) is 10.0 Å². The molecule has 3 N–H and O–H groups in total. The molecule has 0 bridgehead atoms. The van der Waals surface area contributed by atoms with E-state index in [2.05, 4.69) is 10.3 Å². The van der Waals surface area contributed by atoms with Crippen LogP contribution in [0.5, 0.6) is 16.7 Å². The molecule has 12 heteroatoms. The number of halogens is 2. The Kier molecular flexibility index (Phi) is 7.94. The number of carbonyl (C=O) groups excluding carboxylic acids is 1. The molecule has 0 saturated heterocycles. The van der Waals surface area contributed by atoms with Crippen LogP contribution in [0.4, 0.5) is 4.39 Å². The monoisotopic (exact) mass is 551 g/mol. The molecule has 1 fully saturated rings. The quantitative estimate of drug-likeness (QED) is 0.366. The minimum absolute atomic E-state index is 0.0324. The highest BCUT2D eigenvalue weighted by Gasteiger charge is 2.22. The van der Waals surface area contributed by atoms with Crippen molar-refractivity contribution in [2.24, 2.45) is 11.1 Å². The molecule has 1 saturated carbocycles. The number of sulfonamides is 1. The predicted octanol–water partition coefficient (Wildman–Crippen LogP) is 5.00. The molecule has 1 atom stereocenters. The van der Waals surface area contributed by atoms with Gasteiger partial charge in [-0.3, -0.25) is 4.79 Å². The Morgan fingerprint density at radius 2 is 2.11 bits per heavy atom. The average molecular weight is 552 g/mol.